The van der Waals surface area contributed by atoms with Gasteiger partial charge in [0.15, 0.2) is 0 Å². The van der Waals surface area contributed by atoms with E-state index >= 15 is 0 Å². The van der Waals surface area contributed by atoms with Crippen LogP contribution < -0.4 is 17.2 Å². The molecule has 3 aliphatic carbocycles. The highest BCUT2D eigenvalue weighted by atomic mass is 79.9. The van der Waals surface area contributed by atoms with Crippen LogP contribution in [0.3, 0.4) is 0 Å². The van der Waals surface area contributed by atoms with E-state index in [1.807, 2.05) is 0 Å². The van der Waals surface area contributed by atoms with E-state index in [2.05, 4.69) is 15.9 Å². The third kappa shape index (κ3) is 2.54. The second-order valence-electron chi connectivity index (χ2n) is 8.97. The summed E-state index contributed by atoms with van der Waals surface area (Å²) in [7, 11) is 0. The summed E-state index contributed by atoms with van der Waals surface area (Å²) in [5.41, 5.74) is 14.9. The Hall–Kier alpha value is -1.96. The maximum Gasteiger partial charge on any atom is 0.225 e. The van der Waals surface area contributed by atoms with Gasteiger partial charge in [0.25, 0.3) is 0 Å². The quantitative estimate of drug-likeness (QED) is 0.570. The van der Waals surface area contributed by atoms with Crippen molar-refractivity contribution < 1.29 is 18.8 Å². The van der Waals surface area contributed by atoms with E-state index in [4.69, 9.17) is 17.2 Å². The van der Waals surface area contributed by atoms with E-state index in [1.54, 1.807) is 12.1 Å². The molecule has 0 radical (unpaired) electrons. The van der Waals surface area contributed by atoms with Crippen LogP contribution >= 0.6 is 15.9 Å². The molecule has 8 heteroatoms. The highest BCUT2D eigenvalue weighted by Gasteiger charge is 2.83. The largest absolute Gasteiger partial charge is 0.370 e. The normalized spacial score (nSPS) is 33.7. The first kappa shape index (κ1) is 20.3. The number of carbonyl (C=O) groups is 3. The fraction of sp³-hybridized carbons (Fsp3) is 0.571. The van der Waals surface area contributed by atoms with Crippen LogP contribution in [-0.4, -0.2) is 17.7 Å². The van der Waals surface area contributed by atoms with E-state index in [0.717, 1.165) is 25.7 Å². The average Bonchev–Trinajstić information content (AvgIpc) is 3.29. The number of halogens is 2. The average molecular weight is 466 g/mol. The second kappa shape index (κ2) is 6.52. The van der Waals surface area contributed by atoms with Crippen molar-refractivity contribution in [2.24, 2.45) is 45.3 Å². The number of carbonyl (C=O) groups excluding carboxylic acids is 3. The summed E-state index contributed by atoms with van der Waals surface area (Å²) >= 11 is 3.24. The number of amides is 3. The number of hydrogen-bond acceptors (Lipinski definition) is 3. The van der Waals surface area contributed by atoms with Crippen LogP contribution in [-0.2, 0) is 20.8 Å². The van der Waals surface area contributed by atoms with Crippen molar-refractivity contribution in [2.45, 2.75) is 44.9 Å². The molecule has 1 aromatic rings. The van der Waals surface area contributed by atoms with E-state index < -0.39 is 34.4 Å². The van der Waals surface area contributed by atoms with Crippen LogP contribution in [0.2, 0.25) is 0 Å². The number of nitrogens with two attached hydrogens (primary N) is 3. The van der Waals surface area contributed by atoms with Crippen molar-refractivity contribution in [3.63, 3.8) is 0 Å². The maximum absolute atomic E-state index is 14.8. The zero-order valence-electron chi connectivity index (χ0n) is 16.0. The van der Waals surface area contributed by atoms with Crippen molar-refractivity contribution in [1.82, 2.24) is 0 Å². The fourth-order valence-electron chi connectivity index (χ4n) is 7.05. The zero-order chi connectivity index (χ0) is 21.2. The van der Waals surface area contributed by atoms with Gasteiger partial charge in [0.05, 0.1) is 10.8 Å². The Balaban J connectivity index is 1.92. The van der Waals surface area contributed by atoms with Crippen LogP contribution in [0, 0.1) is 33.9 Å². The molecule has 3 fully saturated rings. The lowest BCUT2D eigenvalue weighted by Crippen LogP contribution is -2.61. The van der Waals surface area contributed by atoms with Gasteiger partial charge >= 0.3 is 0 Å². The van der Waals surface area contributed by atoms with E-state index in [-0.39, 0.29) is 36.5 Å². The Labute approximate surface area is 176 Å². The topological polar surface area (TPSA) is 129 Å². The Bertz CT molecular complexity index is 918. The molecule has 6 N–H and O–H groups in total. The molecule has 2 bridgehead atoms. The predicted octanol–water partition coefficient (Wildman–Crippen LogP) is 2.16. The zero-order valence-corrected chi connectivity index (χ0v) is 17.6. The molecule has 3 aliphatic rings. The molecule has 3 saturated carbocycles. The van der Waals surface area contributed by atoms with E-state index in [0.29, 0.717) is 10.0 Å². The summed E-state index contributed by atoms with van der Waals surface area (Å²) in [6, 6.07) is 4.64. The Kier molecular flexibility index (Phi) is 4.57. The number of hydrogen-bond donors (Lipinski definition) is 3. The van der Waals surface area contributed by atoms with Gasteiger partial charge in [-0.25, -0.2) is 4.39 Å². The minimum Gasteiger partial charge on any atom is -0.370 e. The lowest BCUT2D eigenvalue weighted by atomic mass is 9.51. The van der Waals surface area contributed by atoms with Gasteiger partial charge in [0.2, 0.25) is 17.7 Å². The van der Waals surface area contributed by atoms with Crippen LogP contribution in [0.4, 0.5) is 4.39 Å². The predicted molar refractivity (Wildman–Crippen MR) is 107 cm³/mol. The molecule has 0 aromatic heterocycles. The molecule has 29 heavy (non-hydrogen) atoms. The second-order valence-corrected chi connectivity index (χ2v) is 9.88. The maximum atomic E-state index is 14.8. The summed E-state index contributed by atoms with van der Waals surface area (Å²) < 4.78 is 15.4. The van der Waals surface area contributed by atoms with E-state index in [1.165, 1.54) is 6.07 Å². The van der Waals surface area contributed by atoms with E-state index in [9.17, 15) is 18.8 Å². The smallest absolute Gasteiger partial charge is 0.225 e. The molecule has 6 nitrogen and oxygen atoms in total. The SMILES string of the molecule is NC(=O)CC[C@@]1(C(N)=O)[C@@H]2CC[C@@H](C23CC3)[C@@]1(Cc1ccc(Br)cc1F)C(N)=O. The molecular formula is C21H25BrFN3O3. The summed E-state index contributed by atoms with van der Waals surface area (Å²) in [4.78, 5) is 37.8. The third-order valence-corrected chi connectivity index (χ3v) is 8.57. The first-order chi connectivity index (χ1) is 13.6. The molecule has 0 heterocycles. The first-order valence-electron chi connectivity index (χ1n) is 9.94. The molecular weight excluding hydrogens is 441 g/mol. The van der Waals surface area contributed by atoms with Gasteiger partial charge in [0, 0.05) is 10.9 Å². The van der Waals surface area contributed by atoms with Gasteiger partial charge < -0.3 is 17.2 Å². The highest BCUT2D eigenvalue weighted by molar-refractivity contribution is 9.10. The molecule has 1 spiro atoms. The molecule has 156 valence electrons. The Morgan fingerprint density at radius 3 is 2.10 bits per heavy atom. The standard InChI is InChI=1S/C21H25BrFN3O3/c22-12-2-1-11(13(23)9-12)10-21(18(26)29)15-4-3-14(19(15)7-8-19)20(21,17(25)28)6-5-16(24)27/h1-2,9,14-15H,3-8,10H2,(H2,24,27)(H2,25,28)(H2,26,29)/t14-,15+,20+,21+/m1/s1. The van der Waals surface area contributed by atoms with Gasteiger partial charge in [-0.05, 0) is 73.5 Å². The molecule has 4 rings (SSSR count). The number of rotatable bonds is 7. The summed E-state index contributed by atoms with van der Waals surface area (Å²) in [5, 5.41) is 0. The van der Waals surface area contributed by atoms with Crippen LogP contribution in [0.15, 0.2) is 22.7 Å². The monoisotopic (exact) mass is 465 g/mol. The molecule has 1 aromatic carbocycles. The third-order valence-electron chi connectivity index (χ3n) is 8.07. The summed E-state index contributed by atoms with van der Waals surface area (Å²) in [6.45, 7) is 0. The molecule has 0 saturated heterocycles. The lowest BCUT2D eigenvalue weighted by Gasteiger charge is -2.49. The van der Waals surface area contributed by atoms with Crippen LogP contribution in [0.5, 0.6) is 0 Å². The minimum atomic E-state index is -1.33. The van der Waals surface area contributed by atoms with Crippen molar-refractivity contribution in [3.8, 4) is 0 Å². The van der Waals surface area contributed by atoms with Crippen LogP contribution in [0.1, 0.15) is 44.1 Å². The van der Waals surface area contributed by atoms with Gasteiger partial charge in [0.1, 0.15) is 5.82 Å². The van der Waals surface area contributed by atoms with Crippen LogP contribution in [0.25, 0.3) is 0 Å². The Morgan fingerprint density at radius 2 is 1.62 bits per heavy atom. The van der Waals surface area contributed by atoms with Gasteiger partial charge in [-0.3, -0.25) is 14.4 Å². The van der Waals surface area contributed by atoms with Crippen molar-refractivity contribution >= 4 is 33.7 Å². The van der Waals surface area contributed by atoms with Gasteiger partial charge in [-0.1, -0.05) is 22.0 Å². The summed E-state index contributed by atoms with van der Waals surface area (Å²) in [6.07, 6.45) is 3.28. The number of benzene rings is 1. The van der Waals surface area contributed by atoms with Crippen molar-refractivity contribution in [3.05, 3.63) is 34.1 Å². The molecule has 4 atom stereocenters. The minimum absolute atomic E-state index is 0.00787. The lowest BCUT2D eigenvalue weighted by molar-refractivity contribution is -0.157. The molecule has 3 amide bonds. The summed E-state index contributed by atoms with van der Waals surface area (Å²) in [5.74, 6) is -2.59. The van der Waals surface area contributed by atoms with Gasteiger partial charge in [-0.15, -0.1) is 0 Å². The first-order valence-corrected chi connectivity index (χ1v) is 10.7. The van der Waals surface area contributed by atoms with Crippen molar-refractivity contribution in [1.29, 1.82) is 0 Å². The molecule has 0 aliphatic heterocycles. The van der Waals surface area contributed by atoms with Gasteiger partial charge in [-0.2, -0.15) is 0 Å². The van der Waals surface area contributed by atoms with Crippen molar-refractivity contribution in [2.75, 3.05) is 0 Å². The fourth-order valence-corrected chi connectivity index (χ4v) is 7.38. The highest BCUT2D eigenvalue weighted by Crippen LogP contribution is 2.83. The Morgan fingerprint density at radius 1 is 1.03 bits per heavy atom. The number of primary amides is 3. The molecule has 0 unspecified atom stereocenters.